The SMILES string of the molecule is CCCCCN1C(=O)C(c2ccc(Cl)cc2Cl)=C(N2CC(C)OC(C)C2)C1=O. The quantitative estimate of drug-likeness (QED) is 0.502. The molecule has 5 nitrogen and oxygen atoms in total. The van der Waals surface area contributed by atoms with Gasteiger partial charge in [0, 0.05) is 30.2 Å². The molecule has 7 heteroatoms. The van der Waals surface area contributed by atoms with Gasteiger partial charge >= 0.3 is 0 Å². The molecule has 0 bridgehead atoms. The number of benzene rings is 1. The third-order valence-corrected chi connectivity index (χ3v) is 5.61. The van der Waals surface area contributed by atoms with Crippen LogP contribution in [0, 0.1) is 0 Å². The number of hydrogen-bond donors (Lipinski definition) is 0. The maximum absolute atomic E-state index is 13.3. The van der Waals surface area contributed by atoms with Gasteiger partial charge in [-0.25, -0.2) is 0 Å². The lowest BCUT2D eigenvalue weighted by atomic mass is 10.0. The Morgan fingerprint density at radius 1 is 1.07 bits per heavy atom. The van der Waals surface area contributed by atoms with Crippen LogP contribution in [0.15, 0.2) is 23.9 Å². The van der Waals surface area contributed by atoms with Crippen LogP contribution in [0.1, 0.15) is 45.6 Å². The minimum absolute atomic E-state index is 0.0322. The van der Waals surface area contributed by atoms with Crippen LogP contribution in [-0.4, -0.2) is 53.5 Å². The highest BCUT2D eigenvalue weighted by atomic mass is 35.5. The number of carbonyl (C=O) groups is 2. The van der Waals surface area contributed by atoms with Crippen molar-refractivity contribution in [1.29, 1.82) is 0 Å². The van der Waals surface area contributed by atoms with Crippen LogP contribution in [-0.2, 0) is 14.3 Å². The van der Waals surface area contributed by atoms with Crippen LogP contribution < -0.4 is 0 Å². The molecule has 2 aliphatic heterocycles. The Morgan fingerprint density at radius 3 is 2.36 bits per heavy atom. The minimum atomic E-state index is -0.285. The van der Waals surface area contributed by atoms with Crippen LogP contribution in [0.3, 0.4) is 0 Å². The van der Waals surface area contributed by atoms with Crippen molar-refractivity contribution in [3.8, 4) is 0 Å². The molecule has 2 amide bonds. The summed E-state index contributed by atoms with van der Waals surface area (Å²) < 4.78 is 5.81. The number of nitrogens with zero attached hydrogens (tertiary/aromatic N) is 2. The Balaban J connectivity index is 2.05. The largest absolute Gasteiger partial charge is 0.372 e. The first-order valence-electron chi connectivity index (χ1n) is 9.79. The third kappa shape index (κ3) is 4.22. The van der Waals surface area contributed by atoms with Crippen molar-refractivity contribution in [2.24, 2.45) is 0 Å². The van der Waals surface area contributed by atoms with Crippen LogP contribution >= 0.6 is 23.2 Å². The van der Waals surface area contributed by atoms with Gasteiger partial charge in [-0.2, -0.15) is 0 Å². The van der Waals surface area contributed by atoms with E-state index in [-0.39, 0.29) is 24.0 Å². The van der Waals surface area contributed by atoms with Crippen LogP contribution in [0.4, 0.5) is 0 Å². The van der Waals surface area contributed by atoms with Gasteiger partial charge in [0.2, 0.25) is 0 Å². The molecular weight excluding hydrogens is 399 g/mol. The highest BCUT2D eigenvalue weighted by Gasteiger charge is 2.43. The van der Waals surface area contributed by atoms with E-state index in [2.05, 4.69) is 6.92 Å². The Kier molecular flexibility index (Phi) is 6.69. The summed E-state index contributed by atoms with van der Waals surface area (Å²) in [5, 5.41) is 0.854. The standard InChI is InChI=1S/C21H26Cl2N2O3/c1-4-5-6-9-25-20(26)18(16-8-7-15(22)10-17(16)23)19(21(25)27)24-11-13(2)28-14(3)12-24/h7-8,10,13-14H,4-6,9,11-12H2,1-3H3. The molecule has 3 rings (SSSR count). The Morgan fingerprint density at radius 2 is 1.75 bits per heavy atom. The van der Waals surface area contributed by atoms with E-state index in [1.54, 1.807) is 18.2 Å². The molecule has 0 spiro atoms. The van der Waals surface area contributed by atoms with Gasteiger partial charge < -0.3 is 9.64 Å². The third-order valence-electron chi connectivity index (χ3n) is 5.07. The molecule has 1 aromatic rings. The number of rotatable bonds is 6. The van der Waals surface area contributed by atoms with Crippen molar-refractivity contribution in [1.82, 2.24) is 9.80 Å². The smallest absolute Gasteiger partial charge is 0.277 e. The second kappa shape index (κ2) is 8.85. The number of morpholine rings is 1. The van der Waals surface area contributed by atoms with E-state index in [4.69, 9.17) is 27.9 Å². The highest BCUT2D eigenvalue weighted by Crippen LogP contribution is 2.37. The van der Waals surface area contributed by atoms with E-state index in [1.807, 2.05) is 18.7 Å². The molecule has 1 aromatic carbocycles. The maximum atomic E-state index is 13.3. The van der Waals surface area contributed by atoms with Crippen molar-refractivity contribution < 1.29 is 14.3 Å². The van der Waals surface area contributed by atoms with Crippen molar-refractivity contribution in [2.45, 2.75) is 52.2 Å². The first kappa shape index (κ1) is 21.2. The number of imide groups is 1. The average molecular weight is 425 g/mol. The molecule has 0 aromatic heterocycles. The van der Waals surface area contributed by atoms with Crippen LogP contribution in [0.2, 0.25) is 10.0 Å². The summed E-state index contributed by atoms with van der Waals surface area (Å²) in [6.45, 7) is 7.55. The lowest BCUT2D eigenvalue weighted by molar-refractivity contribution is -0.138. The summed E-state index contributed by atoms with van der Waals surface area (Å²) in [4.78, 5) is 29.9. The molecular formula is C21H26Cl2N2O3. The summed E-state index contributed by atoms with van der Waals surface area (Å²) in [6, 6.07) is 5.01. The summed E-state index contributed by atoms with van der Waals surface area (Å²) in [7, 11) is 0. The second-order valence-corrected chi connectivity index (χ2v) is 8.32. The Hall–Kier alpha value is -1.56. The summed E-state index contributed by atoms with van der Waals surface area (Å²) in [5.74, 6) is -0.532. The number of halogens is 2. The van der Waals surface area contributed by atoms with Gasteiger partial charge in [0.25, 0.3) is 11.8 Å². The van der Waals surface area contributed by atoms with Gasteiger partial charge in [-0.15, -0.1) is 0 Å². The predicted molar refractivity (Wildman–Crippen MR) is 111 cm³/mol. The molecule has 2 heterocycles. The van der Waals surface area contributed by atoms with Crippen molar-refractivity contribution in [2.75, 3.05) is 19.6 Å². The van der Waals surface area contributed by atoms with Crippen molar-refractivity contribution in [3.63, 3.8) is 0 Å². The van der Waals surface area contributed by atoms with E-state index < -0.39 is 0 Å². The van der Waals surface area contributed by atoms with E-state index in [0.717, 1.165) is 19.3 Å². The molecule has 0 N–H and O–H groups in total. The zero-order valence-electron chi connectivity index (χ0n) is 16.5. The van der Waals surface area contributed by atoms with E-state index in [1.165, 1.54) is 4.90 Å². The highest BCUT2D eigenvalue weighted by molar-refractivity contribution is 6.41. The topological polar surface area (TPSA) is 49.9 Å². The van der Waals surface area contributed by atoms with Crippen LogP contribution in [0.25, 0.3) is 5.57 Å². The van der Waals surface area contributed by atoms with Crippen molar-refractivity contribution >= 4 is 40.6 Å². The molecule has 2 atom stereocenters. The second-order valence-electron chi connectivity index (χ2n) is 7.48. The van der Waals surface area contributed by atoms with Gasteiger partial charge in [-0.1, -0.05) is 49.0 Å². The fourth-order valence-electron chi connectivity index (χ4n) is 3.88. The van der Waals surface area contributed by atoms with Crippen LogP contribution in [0.5, 0.6) is 0 Å². The molecule has 0 radical (unpaired) electrons. The zero-order valence-corrected chi connectivity index (χ0v) is 18.0. The lowest BCUT2D eigenvalue weighted by Crippen LogP contribution is -2.47. The summed E-state index contributed by atoms with van der Waals surface area (Å²) in [5.41, 5.74) is 1.33. The number of amides is 2. The first-order chi connectivity index (χ1) is 13.3. The fraction of sp³-hybridized carbons (Fsp3) is 0.524. The number of unbranched alkanes of at least 4 members (excludes halogenated alkanes) is 2. The molecule has 0 saturated carbocycles. The van der Waals surface area contributed by atoms with Gasteiger partial charge in [0.05, 0.1) is 22.8 Å². The Bertz CT molecular complexity index is 799. The zero-order chi connectivity index (χ0) is 20.4. The molecule has 152 valence electrons. The molecule has 28 heavy (non-hydrogen) atoms. The monoisotopic (exact) mass is 424 g/mol. The fourth-order valence-corrected chi connectivity index (χ4v) is 4.38. The number of ether oxygens (including phenoxy) is 1. The molecule has 1 saturated heterocycles. The predicted octanol–water partition coefficient (Wildman–Crippen LogP) is 4.37. The van der Waals surface area contributed by atoms with Crippen molar-refractivity contribution in [3.05, 3.63) is 39.5 Å². The number of carbonyl (C=O) groups excluding carboxylic acids is 2. The summed E-state index contributed by atoms with van der Waals surface area (Å²) >= 11 is 12.5. The minimum Gasteiger partial charge on any atom is -0.372 e. The normalized spacial score (nSPS) is 23.2. The maximum Gasteiger partial charge on any atom is 0.277 e. The average Bonchev–Trinajstić information content (AvgIpc) is 2.85. The molecule has 2 unspecified atom stereocenters. The van der Waals surface area contributed by atoms with E-state index in [0.29, 0.717) is 46.5 Å². The Labute approximate surface area is 176 Å². The number of hydrogen-bond acceptors (Lipinski definition) is 4. The molecule has 0 aliphatic carbocycles. The van der Waals surface area contributed by atoms with Gasteiger partial charge in [0.15, 0.2) is 0 Å². The van der Waals surface area contributed by atoms with Gasteiger partial charge in [-0.05, 0) is 32.4 Å². The van der Waals surface area contributed by atoms with Gasteiger partial charge in [-0.3, -0.25) is 14.5 Å². The van der Waals surface area contributed by atoms with E-state index in [9.17, 15) is 9.59 Å². The van der Waals surface area contributed by atoms with E-state index >= 15 is 0 Å². The summed E-state index contributed by atoms with van der Waals surface area (Å²) in [6.07, 6.45) is 2.71. The van der Waals surface area contributed by atoms with Gasteiger partial charge in [0.1, 0.15) is 5.70 Å². The lowest BCUT2D eigenvalue weighted by Gasteiger charge is -2.37. The molecule has 2 aliphatic rings. The molecule has 1 fully saturated rings. The first-order valence-corrected chi connectivity index (χ1v) is 10.5.